The molecule has 0 bridgehead atoms. The molecular weight excluding hydrogens is 330 g/mol. The molecule has 1 N–H and O–H groups in total. The monoisotopic (exact) mass is 365 g/mol. The average Bonchev–Trinajstić information content (AvgIpc) is 2.96. The van der Waals surface area contributed by atoms with E-state index in [-0.39, 0.29) is 22.5 Å². The fraction of sp³-hybridized carbons (Fsp3) is 0.850. The summed E-state index contributed by atoms with van der Waals surface area (Å²) in [4.78, 5) is 16.9. The smallest absolute Gasteiger partial charge is 0.408 e. The van der Waals surface area contributed by atoms with Gasteiger partial charge < -0.3 is 14.6 Å². The van der Waals surface area contributed by atoms with E-state index in [4.69, 9.17) is 9.26 Å². The number of nitrogens with zero attached hydrogens (tertiary/aromatic N) is 2. The van der Waals surface area contributed by atoms with Crippen LogP contribution in [0.1, 0.15) is 86.9 Å². The summed E-state index contributed by atoms with van der Waals surface area (Å²) in [6, 6.07) is 0. The molecule has 6 heteroatoms. The Balaban J connectivity index is 2.09. The summed E-state index contributed by atoms with van der Waals surface area (Å²) < 4.78 is 10.9. The first kappa shape index (κ1) is 20.7. The van der Waals surface area contributed by atoms with Crippen molar-refractivity contribution in [3.8, 4) is 0 Å². The van der Waals surface area contributed by atoms with Crippen LogP contribution in [0.2, 0.25) is 0 Å². The third-order valence-corrected chi connectivity index (χ3v) is 5.75. The van der Waals surface area contributed by atoms with E-state index >= 15 is 0 Å². The number of hydrogen-bond donors (Lipinski definition) is 1. The number of carbonyl (C=O) groups is 1. The highest BCUT2D eigenvalue weighted by molar-refractivity contribution is 5.69. The Bertz CT molecular complexity index is 652. The molecule has 1 heterocycles. The number of alkyl carbamates (subject to hydrolysis) is 1. The standard InChI is InChI=1S/C20H35N3O3/c1-17(2,3)15-21-14(23-26-15)12-13-10-11-20(9,19(13,7)8)22-16(24)25-18(4,5)6/h13H,10-12H2,1-9H3,(H,22,24)/t13-,20-/m0/s1. The van der Waals surface area contributed by atoms with E-state index in [9.17, 15) is 4.79 Å². The third kappa shape index (κ3) is 4.38. The zero-order valence-electron chi connectivity index (χ0n) is 17.8. The van der Waals surface area contributed by atoms with E-state index < -0.39 is 5.60 Å². The summed E-state index contributed by atoms with van der Waals surface area (Å²) in [5.74, 6) is 1.76. The lowest BCUT2D eigenvalue weighted by Gasteiger charge is -2.42. The van der Waals surface area contributed by atoms with Gasteiger partial charge in [-0.2, -0.15) is 4.98 Å². The molecule has 0 spiro atoms. The number of ether oxygens (including phenoxy) is 1. The largest absolute Gasteiger partial charge is 0.444 e. The minimum absolute atomic E-state index is 0.119. The van der Waals surface area contributed by atoms with Gasteiger partial charge in [0.25, 0.3) is 0 Å². The molecule has 0 unspecified atom stereocenters. The Hall–Kier alpha value is -1.59. The van der Waals surface area contributed by atoms with Crippen LogP contribution in [-0.2, 0) is 16.6 Å². The van der Waals surface area contributed by atoms with Gasteiger partial charge in [-0.15, -0.1) is 0 Å². The lowest BCUT2D eigenvalue weighted by molar-refractivity contribution is 0.0349. The maximum atomic E-state index is 12.3. The molecule has 1 saturated carbocycles. The van der Waals surface area contributed by atoms with Crippen molar-refractivity contribution in [3.05, 3.63) is 11.7 Å². The van der Waals surface area contributed by atoms with Gasteiger partial charge >= 0.3 is 6.09 Å². The number of hydrogen-bond acceptors (Lipinski definition) is 5. The Labute approximate surface area is 157 Å². The van der Waals surface area contributed by atoms with Crippen LogP contribution in [-0.4, -0.2) is 27.4 Å². The number of rotatable bonds is 3. The number of nitrogens with one attached hydrogen (secondary N) is 1. The molecule has 1 aromatic heterocycles. The first-order valence-electron chi connectivity index (χ1n) is 9.48. The quantitative estimate of drug-likeness (QED) is 0.845. The second-order valence-electron chi connectivity index (χ2n) is 10.4. The maximum absolute atomic E-state index is 12.3. The fourth-order valence-electron chi connectivity index (χ4n) is 3.57. The number of amides is 1. The zero-order valence-corrected chi connectivity index (χ0v) is 17.8. The molecule has 1 amide bonds. The van der Waals surface area contributed by atoms with E-state index in [1.807, 2.05) is 20.8 Å². The molecule has 0 radical (unpaired) electrons. The molecule has 2 atom stereocenters. The van der Waals surface area contributed by atoms with Crippen molar-refractivity contribution in [1.82, 2.24) is 15.5 Å². The summed E-state index contributed by atoms with van der Waals surface area (Å²) in [6.07, 6.45) is 2.29. The van der Waals surface area contributed by atoms with E-state index in [1.54, 1.807) is 0 Å². The Kier molecular flexibility index (Phi) is 5.21. The molecule has 0 aliphatic heterocycles. The highest BCUT2D eigenvalue weighted by Crippen LogP contribution is 2.51. The zero-order chi connectivity index (χ0) is 20.0. The van der Waals surface area contributed by atoms with Crippen LogP contribution in [0, 0.1) is 11.3 Å². The molecular formula is C20H35N3O3. The first-order chi connectivity index (χ1) is 11.6. The van der Waals surface area contributed by atoms with E-state index in [0.29, 0.717) is 11.8 Å². The molecule has 0 saturated heterocycles. The van der Waals surface area contributed by atoms with Crippen LogP contribution in [0.4, 0.5) is 4.79 Å². The van der Waals surface area contributed by atoms with E-state index in [1.165, 1.54) is 0 Å². The molecule has 2 rings (SSSR count). The van der Waals surface area contributed by atoms with Gasteiger partial charge in [0.2, 0.25) is 5.89 Å². The molecule has 1 aliphatic rings. The normalized spacial score (nSPS) is 26.0. The minimum atomic E-state index is -0.503. The van der Waals surface area contributed by atoms with Crippen molar-refractivity contribution >= 4 is 6.09 Å². The molecule has 1 aromatic rings. The van der Waals surface area contributed by atoms with Gasteiger partial charge in [0, 0.05) is 17.4 Å². The van der Waals surface area contributed by atoms with Crippen LogP contribution in [0.15, 0.2) is 4.52 Å². The van der Waals surface area contributed by atoms with Gasteiger partial charge in [-0.3, -0.25) is 0 Å². The third-order valence-electron chi connectivity index (χ3n) is 5.75. The second-order valence-corrected chi connectivity index (χ2v) is 10.4. The average molecular weight is 366 g/mol. The SMILES string of the molecule is CC(C)(C)OC(=O)N[C@@]1(C)CC[C@@H](Cc2noc(C(C)(C)C)n2)C1(C)C. The van der Waals surface area contributed by atoms with Crippen molar-refractivity contribution in [2.75, 3.05) is 0 Å². The molecule has 1 fully saturated rings. The van der Waals surface area contributed by atoms with Crippen molar-refractivity contribution in [1.29, 1.82) is 0 Å². The number of aromatic nitrogens is 2. The fourth-order valence-corrected chi connectivity index (χ4v) is 3.57. The van der Waals surface area contributed by atoms with Crippen LogP contribution >= 0.6 is 0 Å². The van der Waals surface area contributed by atoms with E-state index in [2.05, 4.69) is 57.0 Å². The van der Waals surface area contributed by atoms with Crippen LogP contribution in [0.3, 0.4) is 0 Å². The highest BCUT2D eigenvalue weighted by atomic mass is 16.6. The van der Waals surface area contributed by atoms with Crippen LogP contribution in [0.5, 0.6) is 0 Å². The first-order valence-corrected chi connectivity index (χ1v) is 9.48. The van der Waals surface area contributed by atoms with Gasteiger partial charge in [0.05, 0.1) is 0 Å². The van der Waals surface area contributed by atoms with Gasteiger partial charge in [-0.25, -0.2) is 4.79 Å². The van der Waals surface area contributed by atoms with Gasteiger partial charge in [-0.05, 0) is 51.9 Å². The Morgan fingerprint density at radius 2 is 1.85 bits per heavy atom. The molecule has 6 nitrogen and oxygen atoms in total. The van der Waals surface area contributed by atoms with Crippen molar-refractivity contribution in [2.24, 2.45) is 11.3 Å². The van der Waals surface area contributed by atoms with Crippen molar-refractivity contribution < 1.29 is 14.1 Å². The minimum Gasteiger partial charge on any atom is -0.444 e. The van der Waals surface area contributed by atoms with Crippen molar-refractivity contribution in [2.45, 2.75) is 98.1 Å². The Morgan fingerprint density at radius 3 is 2.35 bits per heavy atom. The molecule has 148 valence electrons. The summed E-state index contributed by atoms with van der Waals surface area (Å²) >= 11 is 0. The molecule has 0 aromatic carbocycles. The van der Waals surface area contributed by atoms with Gasteiger partial charge in [0.15, 0.2) is 5.82 Å². The summed E-state index contributed by atoms with van der Waals surface area (Å²) in [6.45, 7) is 18.3. The molecule has 1 aliphatic carbocycles. The predicted molar refractivity (Wildman–Crippen MR) is 101 cm³/mol. The molecule has 26 heavy (non-hydrogen) atoms. The summed E-state index contributed by atoms with van der Waals surface area (Å²) in [7, 11) is 0. The lowest BCUT2D eigenvalue weighted by Crippen LogP contribution is -2.55. The topological polar surface area (TPSA) is 77.2 Å². The van der Waals surface area contributed by atoms with E-state index in [0.717, 1.165) is 25.1 Å². The summed E-state index contributed by atoms with van der Waals surface area (Å²) in [5, 5.41) is 7.29. The second kappa shape index (κ2) is 6.54. The maximum Gasteiger partial charge on any atom is 0.408 e. The Morgan fingerprint density at radius 1 is 1.23 bits per heavy atom. The van der Waals surface area contributed by atoms with Gasteiger partial charge in [-0.1, -0.05) is 39.8 Å². The predicted octanol–water partition coefficient (Wildman–Crippen LogP) is 4.63. The van der Waals surface area contributed by atoms with Crippen molar-refractivity contribution in [3.63, 3.8) is 0 Å². The number of carbonyl (C=O) groups excluding carboxylic acids is 1. The van der Waals surface area contributed by atoms with Gasteiger partial charge in [0.1, 0.15) is 5.60 Å². The highest BCUT2D eigenvalue weighted by Gasteiger charge is 2.52. The summed E-state index contributed by atoms with van der Waals surface area (Å²) in [5.41, 5.74) is -1.11. The van der Waals surface area contributed by atoms with Crippen LogP contribution in [0.25, 0.3) is 0 Å². The van der Waals surface area contributed by atoms with Crippen LogP contribution < -0.4 is 5.32 Å². The lowest BCUT2D eigenvalue weighted by atomic mass is 9.70.